The Balaban J connectivity index is 1.83. The average Bonchev–Trinajstić information content (AvgIpc) is 2.57. The molecule has 6 heteroatoms. The second kappa shape index (κ2) is 7.47. The van der Waals surface area contributed by atoms with Crippen molar-refractivity contribution < 1.29 is 4.79 Å². The number of hydrogen-bond acceptors (Lipinski definition) is 3. The third kappa shape index (κ3) is 4.13. The van der Waals surface area contributed by atoms with Crippen LogP contribution in [-0.2, 0) is 0 Å². The van der Waals surface area contributed by atoms with Gasteiger partial charge in [-0.1, -0.05) is 33.6 Å². The molecule has 0 spiro atoms. The van der Waals surface area contributed by atoms with E-state index < -0.39 is 0 Å². The van der Waals surface area contributed by atoms with Gasteiger partial charge in [0.15, 0.2) is 0 Å². The van der Waals surface area contributed by atoms with Gasteiger partial charge in [-0.2, -0.15) is 0 Å². The second-order valence-corrected chi connectivity index (χ2v) is 6.35. The average molecular weight is 403 g/mol. The molecule has 0 unspecified atom stereocenters. The van der Waals surface area contributed by atoms with E-state index in [1.165, 1.54) is 0 Å². The number of halogens is 2. The summed E-state index contributed by atoms with van der Waals surface area (Å²) in [5.41, 5.74) is 1.92. The maximum atomic E-state index is 12.5. The summed E-state index contributed by atoms with van der Waals surface area (Å²) in [6.07, 6.45) is 1.64. The molecule has 1 amide bonds. The highest BCUT2D eigenvalue weighted by Crippen LogP contribution is 2.22. The molecule has 0 saturated carbocycles. The SMILES string of the molecule is O=C(Nc1cccc(Cl)c1)c1cccnc1Nc1ccc(Br)cc1. The lowest BCUT2D eigenvalue weighted by Crippen LogP contribution is -2.14. The van der Waals surface area contributed by atoms with Crippen LogP contribution >= 0.6 is 27.5 Å². The van der Waals surface area contributed by atoms with Gasteiger partial charge < -0.3 is 10.6 Å². The normalized spacial score (nSPS) is 10.2. The Bertz CT molecular complexity index is 868. The summed E-state index contributed by atoms with van der Waals surface area (Å²) in [7, 11) is 0. The summed E-state index contributed by atoms with van der Waals surface area (Å²) < 4.78 is 0.980. The molecular formula is C18H13BrClN3O. The molecule has 0 radical (unpaired) electrons. The number of rotatable bonds is 4. The van der Waals surface area contributed by atoms with Crippen LogP contribution in [0.15, 0.2) is 71.3 Å². The monoisotopic (exact) mass is 401 g/mol. The standard InChI is InChI=1S/C18H13BrClN3O/c19-12-6-8-14(9-7-12)22-17-16(5-2-10-21-17)18(24)23-15-4-1-3-13(20)11-15/h1-11H,(H,21,22)(H,23,24). The molecule has 0 saturated heterocycles. The van der Waals surface area contributed by atoms with Gasteiger partial charge in [-0.25, -0.2) is 4.98 Å². The van der Waals surface area contributed by atoms with E-state index in [0.29, 0.717) is 22.1 Å². The van der Waals surface area contributed by atoms with Gasteiger partial charge in [0.1, 0.15) is 5.82 Å². The second-order valence-electron chi connectivity index (χ2n) is 5.00. The van der Waals surface area contributed by atoms with E-state index >= 15 is 0 Å². The van der Waals surface area contributed by atoms with Crippen LogP contribution in [0.5, 0.6) is 0 Å². The van der Waals surface area contributed by atoms with Crippen molar-refractivity contribution in [3.05, 3.63) is 81.9 Å². The number of nitrogens with one attached hydrogen (secondary N) is 2. The Kier molecular flexibility index (Phi) is 5.13. The van der Waals surface area contributed by atoms with Crippen molar-refractivity contribution in [2.75, 3.05) is 10.6 Å². The first-order valence-electron chi connectivity index (χ1n) is 7.16. The number of anilines is 3. The van der Waals surface area contributed by atoms with Crippen molar-refractivity contribution >= 4 is 50.6 Å². The molecule has 4 nitrogen and oxygen atoms in total. The maximum Gasteiger partial charge on any atom is 0.259 e. The molecule has 0 bridgehead atoms. The zero-order valence-electron chi connectivity index (χ0n) is 12.5. The predicted octanol–water partition coefficient (Wildman–Crippen LogP) is 5.49. The third-order valence-corrected chi connectivity index (χ3v) is 4.01. The quantitative estimate of drug-likeness (QED) is 0.606. The first-order valence-corrected chi connectivity index (χ1v) is 8.33. The molecule has 2 aromatic carbocycles. The van der Waals surface area contributed by atoms with Crippen LogP contribution in [0.2, 0.25) is 5.02 Å². The van der Waals surface area contributed by atoms with Crippen LogP contribution in [0.1, 0.15) is 10.4 Å². The number of aromatic nitrogens is 1. The van der Waals surface area contributed by atoms with E-state index in [0.717, 1.165) is 10.2 Å². The summed E-state index contributed by atoms with van der Waals surface area (Å²) in [5.74, 6) is 0.226. The zero-order chi connectivity index (χ0) is 16.9. The van der Waals surface area contributed by atoms with Gasteiger partial charge in [0.2, 0.25) is 0 Å². The number of benzene rings is 2. The molecule has 2 N–H and O–H groups in total. The lowest BCUT2D eigenvalue weighted by molar-refractivity contribution is 0.102. The van der Waals surface area contributed by atoms with E-state index in [1.54, 1.807) is 42.6 Å². The Hall–Kier alpha value is -2.37. The minimum atomic E-state index is -0.259. The summed E-state index contributed by atoms with van der Waals surface area (Å²) in [4.78, 5) is 16.8. The largest absolute Gasteiger partial charge is 0.340 e. The molecule has 0 aliphatic heterocycles. The van der Waals surface area contributed by atoms with Crippen LogP contribution in [0, 0.1) is 0 Å². The van der Waals surface area contributed by atoms with Crippen molar-refractivity contribution in [1.29, 1.82) is 0 Å². The Morgan fingerprint density at radius 3 is 2.54 bits per heavy atom. The van der Waals surface area contributed by atoms with E-state index in [1.807, 2.05) is 24.3 Å². The van der Waals surface area contributed by atoms with Crippen LogP contribution in [-0.4, -0.2) is 10.9 Å². The highest BCUT2D eigenvalue weighted by molar-refractivity contribution is 9.10. The van der Waals surface area contributed by atoms with Crippen molar-refractivity contribution in [3.63, 3.8) is 0 Å². The topological polar surface area (TPSA) is 54.0 Å². The third-order valence-electron chi connectivity index (χ3n) is 3.24. The summed E-state index contributed by atoms with van der Waals surface area (Å²) in [6.45, 7) is 0. The predicted molar refractivity (Wildman–Crippen MR) is 101 cm³/mol. The van der Waals surface area contributed by atoms with Gasteiger partial charge in [0.25, 0.3) is 5.91 Å². The number of pyridine rings is 1. The summed E-state index contributed by atoms with van der Waals surface area (Å²) >= 11 is 9.34. The highest BCUT2D eigenvalue weighted by Gasteiger charge is 2.13. The molecule has 24 heavy (non-hydrogen) atoms. The molecule has 3 rings (SSSR count). The maximum absolute atomic E-state index is 12.5. The summed E-state index contributed by atoms with van der Waals surface area (Å²) in [6, 6.07) is 18.1. The molecule has 1 aromatic heterocycles. The Labute approximate surface area is 153 Å². The van der Waals surface area contributed by atoms with Crippen molar-refractivity contribution in [2.45, 2.75) is 0 Å². The lowest BCUT2D eigenvalue weighted by atomic mass is 10.2. The molecule has 0 fully saturated rings. The smallest absolute Gasteiger partial charge is 0.259 e. The van der Waals surface area contributed by atoms with Crippen LogP contribution in [0.3, 0.4) is 0 Å². The highest BCUT2D eigenvalue weighted by atomic mass is 79.9. The number of nitrogens with zero attached hydrogens (tertiary/aromatic N) is 1. The Morgan fingerprint density at radius 2 is 1.79 bits per heavy atom. The van der Waals surface area contributed by atoms with E-state index in [4.69, 9.17) is 11.6 Å². The molecule has 0 atom stereocenters. The van der Waals surface area contributed by atoms with Crippen molar-refractivity contribution in [3.8, 4) is 0 Å². The van der Waals surface area contributed by atoms with Gasteiger partial charge in [-0.3, -0.25) is 4.79 Å². The van der Waals surface area contributed by atoms with Gasteiger partial charge in [-0.05, 0) is 54.6 Å². The van der Waals surface area contributed by atoms with Crippen molar-refractivity contribution in [2.24, 2.45) is 0 Å². The fourth-order valence-electron chi connectivity index (χ4n) is 2.12. The molecule has 0 aliphatic rings. The number of hydrogen-bond donors (Lipinski definition) is 2. The number of carbonyl (C=O) groups is 1. The summed E-state index contributed by atoms with van der Waals surface area (Å²) in [5, 5.41) is 6.54. The fourth-order valence-corrected chi connectivity index (χ4v) is 2.58. The molecular weight excluding hydrogens is 390 g/mol. The first kappa shape index (κ1) is 16.5. The fraction of sp³-hybridized carbons (Fsp3) is 0. The number of amides is 1. The minimum Gasteiger partial charge on any atom is -0.340 e. The van der Waals surface area contributed by atoms with Crippen LogP contribution in [0.25, 0.3) is 0 Å². The van der Waals surface area contributed by atoms with E-state index in [-0.39, 0.29) is 5.91 Å². The van der Waals surface area contributed by atoms with Gasteiger partial charge >= 0.3 is 0 Å². The molecule has 3 aromatic rings. The molecule has 1 heterocycles. The minimum absolute atomic E-state index is 0.259. The first-order chi connectivity index (χ1) is 11.6. The van der Waals surface area contributed by atoms with E-state index in [9.17, 15) is 4.79 Å². The van der Waals surface area contributed by atoms with Crippen LogP contribution < -0.4 is 10.6 Å². The number of carbonyl (C=O) groups excluding carboxylic acids is 1. The van der Waals surface area contributed by atoms with Gasteiger partial charge in [-0.15, -0.1) is 0 Å². The lowest BCUT2D eigenvalue weighted by Gasteiger charge is -2.11. The molecule has 0 aliphatic carbocycles. The molecule has 120 valence electrons. The zero-order valence-corrected chi connectivity index (χ0v) is 14.8. The van der Waals surface area contributed by atoms with Gasteiger partial charge in [0.05, 0.1) is 5.56 Å². The van der Waals surface area contributed by atoms with Crippen molar-refractivity contribution in [1.82, 2.24) is 4.98 Å². The Morgan fingerprint density at radius 1 is 1.00 bits per heavy atom. The van der Waals surface area contributed by atoms with E-state index in [2.05, 4.69) is 31.5 Å². The van der Waals surface area contributed by atoms with Crippen LogP contribution in [0.4, 0.5) is 17.2 Å². The van der Waals surface area contributed by atoms with Gasteiger partial charge in [0, 0.05) is 27.1 Å².